The largest absolute Gasteiger partial charge is 0.496 e. The topological polar surface area (TPSA) is 73.1 Å². The molecule has 31 heavy (non-hydrogen) atoms. The summed E-state index contributed by atoms with van der Waals surface area (Å²) in [5.74, 6) is 0.561. The number of pyridine rings is 1. The predicted molar refractivity (Wildman–Crippen MR) is 116 cm³/mol. The number of amides is 1. The van der Waals surface area contributed by atoms with Crippen LogP contribution < -0.4 is 10.3 Å². The average Bonchev–Trinajstić information content (AvgIpc) is 2.79. The van der Waals surface area contributed by atoms with E-state index in [0.29, 0.717) is 38.2 Å². The molecule has 4 heterocycles. The van der Waals surface area contributed by atoms with E-state index in [1.807, 2.05) is 31.2 Å². The van der Waals surface area contributed by atoms with Gasteiger partial charge < -0.3 is 14.4 Å². The highest BCUT2D eigenvalue weighted by atomic mass is 16.5. The van der Waals surface area contributed by atoms with Gasteiger partial charge in [0.05, 0.1) is 13.7 Å². The third-order valence-electron chi connectivity index (χ3n) is 6.55. The molecule has 3 aromatic rings. The third-order valence-corrected chi connectivity index (χ3v) is 6.55. The van der Waals surface area contributed by atoms with Crippen LogP contribution in [-0.2, 0) is 16.8 Å². The number of rotatable bonds is 2. The van der Waals surface area contributed by atoms with Crippen LogP contribution in [0.15, 0.2) is 47.4 Å². The standard InChI is InChI=1S/C24H25N3O4/c1-16-5-3-8-20-25-15-18(23(29)27(16)20)22(28)26-12-10-24(11-13-26)21-17(9-14-31-24)6-4-7-19(21)30-2/h3-8,15H,9-14H2,1-2H3. The van der Waals surface area contributed by atoms with Crippen LogP contribution in [0.3, 0.4) is 0 Å². The van der Waals surface area contributed by atoms with Crippen molar-refractivity contribution in [2.75, 3.05) is 26.8 Å². The number of hydrogen-bond donors (Lipinski definition) is 0. The highest BCUT2D eigenvalue weighted by Gasteiger charge is 2.44. The minimum Gasteiger partial charge on any atom is -0.496 e. The second-order valence-electron chi connectivity index (χ2n) is 8.22. The molecule has 2 aromatic heterocycles. The lowest BCUT2D eigenvalue weighted by Crippen LogP contribution is -2.49. The summed E-state index contributed by atoms with van der Waals surface area (Å²) in [6, 6.07) is 11.6. The van der Waals surface area contributed by atoms with Crippen LogP contribution >= 0.6 is 0 Å². The summed E-state index contributed by atoms with van der Waals surface area (Å²) in [6.07, 6.45) is 3.58. The Labute approximate surface area is 180 Å². The molecule has 1 saturated heterocycles. The summed E-state index contributed by atoms with van der Waals surface area (Å²) in [7, 11) is 1.68. The van der Waals surface area contributed by atoms with Crippen LogP contribution in [0.1, 0.15) is 40.0 Å². The van der Waals surface area contributed by atoms with E-state index in [-0.39, 0.29) is 17.0 Å². The number of aromatic nitrogens is 2. The van der Waals surface area contributed by atoms with Gasteiger partial charge in [0.25, 0.3) is 11.5 Å². The van der Waals surface area contributed by atoms with Gasteiger partial charge in [0.2, 0.25) is 0 Å². The Kier molecular flexibility index (Phi) is 4.78. The van der Waals surface area contributed by atoms with E-state index in [1.165, 1.54) is 16.2 Å². The van der Waals surface area contributed by atoms with Crippen LogP contribution in [0.25, 0.3) is 5.65 Å². The van der Waals surface area contributed by atoms with Crippen LogP contribution in [0, 0.1) is 6.92 Å². The number of hydrogen-bond acceptors (Lipinski definition) is 5. The van der Waals surface area contributed by atoms with Crippen LogP contribution in [-0.4, -0.2) is 47.0 Å². The van der Waals surface area contributed by atoms with Gasteiger partial charge in [0.15, 0.2) is 0 Å². The van der Waals surface area contributed by atoms with Crippen LogP contribution in [0.5, 0.6) is 5.75 Å². The van der Waals surface area contributed by atoms with E-state index >= 15 is 0 Å². The Morgan fingerprint density at radius 3 is 2.71 bits per heavy atom. The van der Waals surface area contributed by atoms with Crippen molar-refractivity contribution in [1.29, 1.82) is 0 Å². The monoisotopic (exact) mass is 419 g/mol. The Hall–Kier alpha value is -3.19. The molecule has 2 aliphatic rings. The first kappa shape index (κ1) is 19.8. The van der Waals surface area contributed by atoms with Crippen molar-refractivity contribution in [1.82, 2.24) is 14.3 Å². The van der Waals surface area contributed by atoms with Crippen molar-refractivity contribution in [3.8, 4) is 5.75 Å². The van der Waals surface area contributed by atoms with Crippen LogP contribution in [0.4, 0.5) is 0 Å². The number of aryl methyl sites for hydroxylation is 1. The summed E-state index contributed by atoms with van der Waals surface area (Å²) < 4.78 is 13.4. The number of fused-ring (bicyclic) bond motifs is 3. The van der Waals surface area contributed by atoms with Gasteiger partial charge >= 0.3 is 0 Å². The summed E-state index contributed by atoms with van der Waals surface area (Å²) in [5, 5.41) is 0. The van der Waals surface area contributed by atoms with E-state index < -0.39 is 5.60 Å². The molecule has 1 spiro atoms. The van der Waals surface area contributed by atoms with Gasteiger partial charge in [0, 0.05) is 30.5 Å². The Morgan fingerprint density at radius 2 is 1.94 bits per heavy atom. The Morgan fingerprint density at radius 1 is 1.16 bits per heavy atom. The summed E-state index contributed by atoms with van der Waals surface area (Å²) in [5.41, 5.74) is 2.97. The molecule has 0 saturated carbocycles. The number of benzene rings is 1. The average molecular weight is 419 g/mol. The number of piperidine rings is 1. The van der Waals surface area contributed by atoms with E-state index in [9.17, 15) is 9.59 Å². The molecule has 0 bridgehead atoms. The molecule has 0 radical (unpaired) electrons. The number of carbonyl (C=O) groups is 1. The molecule has 160 valence electrons. The Bertz CT molecular complexity index is 1210. The molecule has 0 aliphatic carbocycles. The predicted octanol–water partition coefficient (Wildman–Crippen LogP) is 2.72. The molecule has 0 atom stereocenters. The van der Waals surface area contributed by atoms with E-state index in [2.05, 4.69) is 11.1 Å². The summed E-state index contributed by atoms with van der Waals surface area (Å²) in [6.45, 7) is 3.50. The SMILES string of the molecule is COc1cccc2c1C1(CCN(C(=O)c3cnc4cccc(C)n4c3=O)CC1)OCC2. The molecule has 1 fully saturated rings. The fourth-order valence-electron chi connectivity index (χ4n) is 4.96. The first-order valence-electron chi connectivity index (χ1n) is 10.6. The van der Waals surface area contributed by atoms with Crippen molar-refractivity contribution in [2.45, 2.75) is 31.8 Å². The molecule has 7 nitrogen and oxygen atoms in total. The van der Waals surface area contributed by atoms with Gasteiger partial charge in [-0.2, -0.15) is 0 Å². The molecule has 2 aliphatic heterocycles. The fourth-order valence-corrected chi connectivity index (χ4v) is 4.96. The van der Waals surface area contributed by atoms with E-state index in [0.717, 1.165) is 23.4 Å². The van der Waals surface area contributed by atoms with Gasteiger partial charge in [-0.1, -0.05) is 18.2 Å². The minimum absolute atomic E-state index is 0.102. The quantitative estimate of drug-likeness (QED) is 0.639. The lowest BCUT2D eigenvalue weighted by atomic mass is 9.78. The lowest BCUT2D eigenvalue weighted by molar-refractivity contribution is -0.0946. The molecular weight excluding hydrogens is 394 g/mol. The van der Waals surface area contributed by atoms with E-state index in [4.69, 9.17) is 9.47 Å². The van der Waals surface area contributed by atoms with Crippen LogP contribution in [0.2, 0.25) is 0 Å². The van der Waals surface area contributed by atoms with Gasteiger partial charge in [-0.05, 0) is 49.9 Å². The second-order valence-corrected chi connectivity index (χ2v) is 8.22. The van der Waals surface area contributed by atoms with Crippen molar-refractivity contribution in [2.24, 2.45) is 0 Å². The number of methoxy groups -OCH3 is 1. The van der Waals surface area contributed by atoms with Crippen molar-refractivity contribution in [3.05, 3.63) is 75.3 Å². The number of likely N-dealkylation sites (tertiary alicyclic amines) is 1. The molecule has 7 heteroatoms. The van der Waals surface area contributed by atoms with Crippen molar-refractivity contribution in [3.63, 3.8) is 0 Å². The zero-order valence-electron chi connectivity index (χ0n) is 17.8. The smallest absolute Gasteiger partial charge is 0.270 e. The van der Waals surface area contributed by atoms with Gasteiger partial charge in [0.1, 0.15) is 22.6 Å². The Balaban J connectivity index is 1.43. The van der Waals surface area contributed by atoms with Crippen molar-refractivity contribution >= 4 is 11.6 Å². The zero-order chi connectivity index (χ0) is 21.6. The van der Waals surface area contributed by atoms with E-state index in [1.54, 1.807) is 18.1 Å². The van der Waals surface area contributed by atoms with Crippen molar-refractivity contribution < 1.29 is 14.3 Å². The molecular formula is C24H25N3O4. The van der Waals surface area contributed by atoms with Gasteiger partial charge in [-0.15, -0.1) is 0 Å². The number of carbonyl (C=O) groups excluding carboxylic acids is 1. The molecule has 5 rings (SSSR count). The fraction of sp³-hybridized carbons (Fsp3) is 0.375. The summed E-state index contributed by atoms with van der Waals surface area (Å²) >= 11 is 0. The normalized spacial score (nSPS) is 17.5. The lowest BCUT2D eigenvalue weighted by Gasteiger charge is -2.45. The maximum absolute atomic E-state index is 13.2. The first-order valence-corrected chi connectivity index (χ1v) is 10.6. The highest BCUT2D eigenvalue weighted by molar-refractivity contribution is 5.93. The third kappa shape index (κ3) is 3.11. The number of ether oxygens (including phenoxy) is 2. The minimum atomic E-state index is -0.454. The number of nitrogens with zero attached hydrogens (tertiary/aromatic N) is 3. The van der Waals surface area contributed by atoms with Gasteiger partial charge in [-0.3, -0.25) is 14.0 Å². The molecule has 1 amide bonds. The summed E-state index contributed by atoms with van der Waals surface area (Å²) in [4.78, 5) is 32.3. The second kappa shape index (κ2) is 7.50. The zero-order valence-corrected chi connectivity index (χ0v) is 17.8. The molecule has 1 aromatic carbocycles. The molecule has 0 N–H and O–H groups in total. The maximum Gasteiger partial charge on any atom is 0.270 e. The maximum atomic E-state index is 13.2. The first-order chi connectivity index (χ1) is 15.0. The highest BCUT2D eigenvalue weighted by Crippen LogP contribution is 2.45. The van der Waals surface area contributed by atoms with Gasteiger partial charge in [-0.25, -0.2) is 4.98 Å². The molecule has 0 unspecified atom stereocenters.